The summed E-state index contributed by atoms with van der Waals surface area (Å²) in [7, 11) is 0. The topological polar surface area (TPSA) is 78.5 Å². The molecule has 0 aromatic heterocycles. The second kappa shape index (κ2) is 6.18. The second-order valence-corrected chi connectivity index (χ2v) is 4.66. The number of ketones is 1. The van der Waals surface area contributed by atoms with E-state index in [-0.39, 0.29) is 30.7 Å². The molecular weight excluding hydrogens is 258 g/mol. The van der Waals surface area contributed by atoms with Crippen molar-refractivity contribution in [3.63, 3.8) is 0 Å². The van der Waals surface area contributed by atoms with Gasteiger partial charge in [-0.1, -0.05) is 12.1 Å². The first-order chi connectivity index (χ1) is 9.56. The van der Waals surface area contributed by atoms with Gasteiger partial charge in [-0.25, -0.2) is 0 Å². The molecule has 0 bridgehead atoms. The van der Waals surface area contributed by atoms with Crippen LogP contribution in [-0.4, -0.2) is 48.7 Å². The Hall–Kier alpha value is -2.37. The van der Waals surface area contributed by atoms with Crippen molar-refractivity contribution < 1.29 is 14.4 Å². The average molecular weight is 275 g/mol. The number of piperazine rings is 1. The third-order valence-electron chi connectivity index (χ3n) is 3.10. The molecule has 1 aromatic carbocycles. The maximum absolute atomic E-state index is 12.0. The minimum absolute atomic E-state index is 0.0207. The predicted molar refractivity (Wildman–Crippen MR) is 74.5 cm³/mol. The molecule has 1 aliphatic rings. The van der Waals surface area contributed by atoms with Crippen LogP contribution in [0.15, 0.2) is 24.3 Å². The molecule has 1 heterocycles. The molecule has 6 nitrogen and oxygen atoms in total. The lowest BCUT2D eigenvalue weighted by molar-refractivity contribution is -0.136. The summed E-state index contributed by atoms with van der Waals surface area (Å²) in [6.45, 7) is 2.73. The van der Waals surface area contributed by atoms with Crippen LogP contribution in [0.2, 0.25) is 0 Å². The highest BCUT2D eigenvalue weighted by atomic mass is 16.2. The largest absolute Gasteiger partial charge is 0.376 e. The molecule has 106 valence electrons. The molecular formula is C14H17N3O3. The summed E-state index contributed by atoms with van der Waals surface area (Å²) in [4.78, 5) is 35.9. The molecule has 6 heteroatoms. The predicted octanol–water partition coefficient (Wildman–Crippen LogP) is 0.259. The summed E-state index contributed by atoms with van der Waals surface area (Å²) >= 11 is 0. The number of carbonyl (C=O) groups excluding carboxylic acids is 3. The molecule has 2 N–H and O–H groups in total. The summed E-state index contributed by atoms with van der Waals surface area (Å²) in [5, 5.41) is 5.65. The van der Waals surface area contributed by atoms with Crippen molar-refractivity contribution in [1.82, 2.24) is 10.2 Å². The van der Waals surface area contributed by atoms with Gasteiger partial charge in [0.1, 0.15) is 0 Å². The van der Waals surface area contributed by atoms with Crippen molar-refractivity contribution >= 4 is 23.3 Å². The van der Waals surface area contributed by atoms with E-state index in [0.717, 1.165) is 0 Å². The van der Waals surface area contributed by atoms with Crippen molar-refractivity contribution in [2.75, 3.05) is 31.5 Å². The number of hydrogen-bond acceptors (Lipinski definition) is 4. The van der Waals surface area contributed by atoms with Crippen LogP contribution in [-0.2, 0) is 9.59 Å². The summed E-state index contributed by atoms with van der Waals surface area (Å²) in [5.41, 5.74) is 1.31. The first kappa shape index (κ1) is 14.0. The smallest absolute Gasteiger partial charge is 0.242 e. The Kier molecular flexibility index (Phi) is 4.34. The zero-order chi connectivity index (χ0) is 14.5. The lowest BCUT2D eigenvalue weighted by Gasteiger charge is -2.26. The van der Waals surface area contributed by atoms with E-state index in [1.807, 2.05) is 0 Å². The number of rotatable bonds is 4. The molecule has 0 atom stereocenters. The van der Waals surface area contributed by atoms with Crippen molar-refractivity contribution in [2.45, 2.75) is 6.92 Å². The normalized spacial score (nSPS) is 14.7. The Morgan fingerprint density at radius 2 is 2.20 bits per heavy atom. The minimum atomic E-state index is -0.136. The maximum atomic E-state index is 12.0. The molecule has 20 heavy (non-hydrogen) atoms. The van der Waals surface area contributed by atoms with E-state index < -0.39 is 0 Å². The van der Waals surface area contributed by atoms with Gasteiger partial charge < -0.3 is 15.5 Å². The van der Waals surface area contributed by atoms with Gasteiger partial charge in [0.25, 0.3) is 0 Å². The lowest BCUT2D eigenvalue weighted by atomic mass is 10.1. The van der Waals surface area contributed by atoms with Gasteiger partial charge in [0.15, 0.2) is 5.78 Å². The third-order valence-corrected chi connectivity index (χ3v) is 3.10. The van der Waals surface area contributed by atoms with Crippen LogP contribution in [0, 0.1) is 0 Å². The van der Waals surface area contributed by atoms with Gasteiger partial charge in [0, 0.05) is 24.3 Å². The van der Waals surface area contributed by atoms with Gasteiger partial charge in [-0.2, -0.15) is 0 Å². The zero-order valence-electron chi connectivity index (χ0n) is 11.3. The quantitative estimate of drug-likeness (QED) is 0.773. The number of benzene rings is 1. The minimum Gasteiger partial charge on any atom is -0.376 e. The van der Waals surface area contributed by atoms with Gasteiger partial charge in [-0.15, -0.1) is 0 Å². The first-order valence-corrected chi connectivity index (χ1v) is 6.45. The molecule has 0 aliphatic carbocycles. The fourth-order valence-corrected chi connectivity index (χ4v) is 1.99. The van der Waals surface area contributed by atoms with Crippen LogP contribution < -0.4 is 10.6 Å². The molecule has 0 spiro atoms. The number of Topliss-reactive ketones (excluding diaryl/α,β-unsaturated/α-hetero) is 1. The SMILES string of the molecule is CC(=O)c1cccc(NCC(=O)N2CCNC(=O)C2)c1. The van der Waals surface area contributed by atoms with Gasteiger partial charge in [0.2, 0.25) is 11.8 Å². The van der Waals surface area contributed by atoms with Gasteiger partial charge in [0.05, 0.1) is 13.1 Å². The number of carbonyl (C=O) groups is 3. The van der Waals surface area contributed by atoms with Crippen LogP contribution >= 0.6 is 0 Å². The van der Waals surface area contributed by atoms with E-state index in [4.69, 9.17) is 0 Å². The van der Waals surface area contributed by atoms with Crippen molar-refractivity contribution in [2.24, 2.45) is 0 Å². The van der Waals surface area contributed by atoms with E-state index in [0.29, 0.717) is 24.3 Å². The second-order valence-electron chi connectivity index (χ2n) is 4.66. The van der Waals surface area contributed by atoms with Gasteiger partial charge >= 0.3 is 0 Å². The molecule has 0 unspecified atom stereocenters. The van der Waals surface area contributed by atoms with Crippen LogP contribution in [0.3, 0.4) is 0 Å². The summed E-state index contributed by atoms with van der Waals surface area (Å²) < 4.78 is 0. The standard InChI is InChI=1S/C14H17N3O3/c1-10(18)11-3-2-4-12(7-11)16-8-14(20)17-6-5-15-13(19)9-17/h2-4,7,16H,5-6,8-9H2,1H3,(H,15,19). The highest BCUT2D eigenvalue weighted by molar-refractivity contribution is 5.95. The summed E-state index contributed by atoms with van der Waals surface area (Å²) in [6, 6.07) is 6.99. The van der Waals surface area contributed by atoms with Gasteiger partial charge in [-0.05, 0) is 19.1 Å². The van der Waals surface area contributed by atoms with E-state index in [1.54, 1.807) is 24.3 Å². The molecule has 0 radical (unpaired) electrons. The number of nitrogens with one attached hydrogen (secondary N) is 2. The molecule has 2 rings (SSSR count). The third kappa shape index (κ3) is 3.57. The van der Waals surface area contributed by atoms with E-state index in [1.165, 1.54) is 11.8 Å². The Balaban J connectivity index is 1.91. The average Bonchev–Trinajstić information content (AvgIpc) is 2.45. The molecule has 0 saturated carbocycles. The molecule has 1 aliphatic heterocycles. The van der Waals surface area contributed by atoms with Crippen molar-refractivity contribution in [3.05, 3.63) is 29.8 Å². The van der Waals surface area contributed by atoms with Crippen LogP contribution in [0.4, 0.5) is 5.69 Å². The molecule has 1 aromatic rings. The number of nitrogens with zero attached hydrogens (tertiary/aromatic N) is 1. The number of anilines is 1. The van der Waals surface area contributed by atoms with Crippen LogP contribution in [0.25, 0.3) is 0 Å². The Morgan fingerprint density at radius 3 is 2.90 bits per heavy atom. The molecule has 1 fully saturated rings. The van der Waals surface area contributed by atoms with Crippen LogP contribution in [0.5, 0.6) is 0 Å². The van der Waals surface area contributed by atoms with Crippen molar-refractivity contribution in [3.8, 4) is 0 Å². The van der Waals surface area contributed by atoms with Gasteiger partial charge in [-0.3, -0.25) is 14.4 Å². The van der Waals surface area contributed by atoms with E-state index in [9.17, 15) is 14.4 Å². The van der Waals surface area contributed by atoms with E-state index >= 15 is 0 Å². The van der Waals surface area contributed by atoms with Crippen LogP contribution in [0.1, 0.15) is 17.3 Å². The number of hydrogen-bond donors (Lipinski definition) is 2. The van der Waals surface area contributed by atoms with Crippen molar-refractivity contribution in [1.29, 1.82) is 0 Å². The highest BCUT2D eigenvalue weighted by Gasteiger charge is 2.20. The monoisotopic (exact) mass is 275 g/mol. The Morgan fingerprint density at radius 1 is 1.40 bits per heavy atom. The fraction of sp³-hybridized carbons (Fsp3) is 0.357. The Labute approximate surface area is 117 Å². The summed E-state index contributed by atoms with van der Waals surface area (Å²) in [6.07, 6.45) is 0. The Bertz CT molecular complexity index is 542. The molecule has 1 saturated heterocycles. The lowest BCUT2D eigenvalue weighted by Crippen LogP contribution is -2.51. The maximum Gasteiger partial charge on any atom is 0.242 e. The number of amides is 2. The van der Waals surface area contributed by atoms with E-state index in [2.05, 4.69) is 10.6 Å². The summed E-state index contributed by atoms with van der Waals surface area (Å²) in [5.74, 6) is -0.288. The highest BCUT2D eigenvalue weighted by Crippen LogP contribution is 2.11. The molecule has 2 amide bonds. The fourth-order valence-electron chi connectivity index (χ4n) is 1.99. The first-order valence-electron chi connectivity index (χ1n) is 6.45. The zero-order valence-corrected chi connectivity index (χ0v) is 11.3.